The minimum atomic E-state index is -0.216. The first kappa shape index (κ1) is 12.4. The highest BCUT2D eigenvalue weighted by molar-refractivity contribution is 5.42. The summed E-state index contributed by atoms with van der Waals surface area (Å²) in [6.45, 7) is 4.35. The van der Waals surface area contributed by atoms with Gasteiger partial charge in [-0.3, -0.25) is 0 Å². The summed E-state index contributed by atoms with van der Waals surface area (Å²) >= 11 is 0. The fourth-order valence-electron chi connectivity index (χ4n) is 2.87. The Hall–Kier alpha value is -1.06. The molecule has 1 aromatic carbocycles. The molecular weight excluding hydrogens is 214 g/mol. The Bertz CT molecular complexity index is 403. The first-order valence-electron chi connectivity index (χ1n) is 6.11. The number of benzene rings is 1. The van der Waals surface area contributed by atoms with Crippen molar-refractivity contribution in [3.8, 4) is 5.75 Å². The molecule has 17 heavy (non-hydrogen) atoms. The number of fused-ring (bicyclic) bond motifs is 1. The van der Waals surface area contributed by atoms with Gasteiger partial charge in [-0.2, -0.15) is 0 Å². The van der Waals surface area contributed by atoms with E-state index in [1.807, 2.05) is 25.2 Å². The van der Waals surface area contributed by atoms with Crippen LogP contribution in [0.1, 0.15) is 32.3 Å². The molecule has 0 bridgehead atoms. The Morgan fingerprint density at radius 3 is 2.71 bits per heavy atom. The SMILES string of the molecule is CNC1(CCO)CC(C)(C)Oc2ccccc21. The van der Waals surface area contributed by atoms with Crippen LogP contribution in [-0.4, -0.2) is 24.4 Å². The van der Waals surface area contributed by atoms with Crippen LogP contribution in [-0.2, 0) is 5.54 Å². The van der Waals surface area contributed by atoms with Crippen LogP contribution >= 0.6 is 0 Å². The number of aliphatic hydroxyl groups is 1. The van der Waals surface area contributed by atoms with Crippen LogP contribution in [0.25, 0.3) is 0 Å². The van der Waals surface area contributed by atoms with Gasteiger partial charge in [-0.15, -0.1) is 0 Å². The maximum Gasteiger partial charge on any atom is 0.125 e. The van der Waals surface area contributed by atoms with Gasteiger partial charge in [0.2, 0.25) is 0 Å². The van der Waals surface area contributed by atoms with Crippen LogP contribution < -0.4 is 10.1 Å². The zero-order valence-corrected chi connectivity index (χ0v) is 10.8. The van der Waals surface area contributed by atoms with Crippen molar-refractivity contribution in [3.63, 3.8) is 0 Å². The molecule has 3 heteroatoms. The van der Waals surface area contributed by atoms with Crippen LogP contribution in [0.15, 0.2) is 24.3 Å². The largest absolute Gasteiger partial charge is 0.487 e. The summed E-state index contributed by atoms with van der Waals surface area (Å²) in [6.07, 6.45) is 1.56. The lowest BCUT2D eigenvalue weighted by Crippen LogP contribution is -2.51. The average Bonchev–Trinajstić information content (AvgIpc) is 2.28. The van der Waals surface area contributed by atoms with Gasteiger partial charge in [0.1, 0.15) is 11.4 Å². The molecule has 1 heterocycles. The molecule has 1 aliphatic rings. The summed E-state index contributed by atoms with van der Waals surface area (Å²) in [7, 11) is 1.95. The van der Waals surface area contributed by atoms with Crippen molar-refractivity contribution < 1.29 is 9.84 Å². The molecule has 1 unspecified atom stereocenters. The molecule has 0 saturated heterocycles. The van der Waals surface area contributed by atoms with Crippen LogP contribution in [0.4, 0.5) is 0 Å². The fourth-order valence-corrected chi connectivity index (χ4v) is 2.87. The molecule has 0 aliphatic carbocycles. The summed E-state index contributed by atoms with van der Waals surface area (Å²) in [6, 6.07) is 8.08. The van der Waals surface area contributed by atoms with Gasteiger partial charge >= 0.3 is 0 Å². The third-order valence-electron chi connectivity index (χ3n) is 3.53. The predicted octanol–water partition coefficient (Wildman–Crippen LogP) is 2.04. The van der Waals surface area contributed by atoms with Gasteiger partial charge in [-0.05, 0) is 33.4 Å². The minimum Gasteiger partial charge on any atom is -0.487 e. The molecule has 0 spiro atoms. The van der Waals surface area contributed by atoms with Gasteiger partial charge in [0.25, 0.3) is 0 Å². The molecule has 0 fully saturated rings. The first-order valence-corrected chi connectivity index (χ1v) is 6.11. The van der Waals surface area contributed by atoms with Gasteiger partial charge in [-0.25, -0.2) is 0 Å². The molecule has 0 amide bonds. The van der Waals surface area contributed by atoms with Crippen molar-refractivity contribution in [2.24, 2.45) is 0 Å². The van der Waals surface area contributed by atoms with Crippen LogP contribution in [0, 0.1) is 0 Å². The number of aliphatic hydroxyl groups excluding tert-OH is 1. The number of rotatable bonds is 3. The van der Waals surface area contributed by atoms with Gasteiger partial charge < -0.3 is 15.2 Å². The lowest BCUT2D eigenvalue weighted by molar-refractivity contribution is 0.0259. The first-order chi connectivity index (χ1) is 8.03. The van der Waals surface area contributed by atoms with E-state index in [1.165, 1.54) is 0 Å². The second-order valence-corrected chi connectivity index (χ2v) is 5.34. The molecule has 94 valence electrons. The standard InChI is InChI=1S/C14H21NO2/c1-13(2)10-14(15-3,8-9-16)11-6-4-5-7-12(11)17-13/h4-7,15-16H,8-10H2,1-3H3. The molecule has 1 aromatic rings. The number of ether oxygens (including phenoxy) is 1. The third kappa shape index (κ3) is 2.17. The van der Waals surface area contributed by atoms with Crippen molar-refractivity contribution >= 4 is 0 Å². The van der Waals surface area contributed by atoms with Gasteiger partial charge in [0.05, 0.1) is 5.54 Å². The normalized spacial score (nSPS) is 26.1. The maximum absolute atomic E-state index is 9.33. The summed E-state index contributed by atoms with van der Waals surface area (Å²) in [5, 5.41) is 12.7. The quantitative estimate of drug-likeness (QED) is 0.842. The zero-order valence-electron chi connectivity index (χ0n) is 10.8. The highest BCUT2D eigenvalue weighted by Crippen LogP contribution is 2.44. The van der Waals surface area contributed by atoms with E-state index in [-0.39, 0.29) is 17.7 Å². The van der Waals surface area contributed by atoms with Crippen molar-refractivity contribution in [2.75, 3.05) is 13.7 Å². The number of hydrogen-bond donors (Lipinski definition) is 2. The van der Waals surface area contributed by atoms with Crippen molar-refractivity contribution in [1.29, 1.82) is 0 Å². The van der Waals surface area contributed by atoms with E-state index < -0.39 is 0 Å². The molecule has 2 N–H and O–H groups in total. The van der Waals surface area contributed by atoms with E-state index in [2.05, 4.69) is 25.2 Å². The maximum atomic E-state index is 9.33. The highest BCUT2D eigenvalue weighted by Gasteiger charge is 2.43. The van der Waals surface area contributed by atoms with Crippen molar-refractivity contribution in [1.82, 2.24) is 5.32 Å². The lowest BCUT2D eigenvalue weighted by Gasteiger charge is -2.46. The van der Waals surface area contributed by atoms with Crippen LogP contribution in [0.2, 0.25) is 0 Å². The summed E-state index contributed by atoms with van der Waals surface area (Å²) in [4.78, 5) is 0. The Morgan fingerprint density at radius 2 is 2.06 bits per heavy atom. The fraction of sp³-hybridized carbons (Fsp3) is 0.571. The number of para-hydroxylation sites is 1. The zero-order chi connectivity index (χ0) is 12.5. The molecule has 1 atom stereocenters. The molecule has 0 radical (unpaired) electrons. The Labute approximate surface area is 103 Å². The smallest absolute Gasteiger partial charge is 0.125 e. The van der Waals surface area contributed by atoms with E-state index >= 15 is 0 Å². The molecule has 1 aliphatic heterocycles. The highest BCUT2D eigenvalue weighted by atomic mass is 16.5. The molecule has 3 nitrogen and oxygen atoms in total. The Balaban J connectivity index is 2.51. The average molecular weight is 235 g/mol. The second kappa shape index (κ2) is 4.31. The molecule has 0 aromatic heterocycles. The van der Waals surface area contributed by atoms with Gasteiger partial charge in [-0.1, -0.05) is 18.2 Å². The van der Waals surface area contributed by atoms with E-state index in [4.69, 9.17) is 4.74 Å². The summed E-state index contributed by atoms with van der Waals surface area (Å²) in [5.41, 5.74) is 0.746. The minimum absolute atomic E-state index is 0.172. The Morgan fingerprint density at radius 1 is 1.35 bits per heavy atom. The topological polar surface area (TPSA) is 41.5 Å². The van der Waals surface area contributed by atoms with Crippen LogP contribution in [0.3, 0.4) is 0 Å². The van der Waals surface area contributed by atoms with E-state index in [1.54, 1.807) is 0 Å². The van der Waals surface area contributed by atoms with E-state index in [0.29, 0.717) is 6.42 Å². The number of nitrogens with one attached hydrogen (secondary N) is 1. The molecule has 0 saturated carbocycles. The number of hydrogen-bond acceptors (Lipinski definition) is 3. The van der Waals surface area contributed by atoms with Gasteiger partial charge in [0, 0.05) is 18.6 Å². The molecular formula is C14H21NO2. The molecule has 2 rings (SSSR count). The Kier molecular flexibility index (Phi) is 3.15. The van der Waals surface area contributed by atoms with Gasteiger partial charge in [0.15, 0.2) is 0 Å². The van der Waals surface area contributed by atoms with Crippen molar-refractivity contribution in [3.05, 3.63) is 29.8 Å². The lowest BCUT2D eigenvalue weighted by atomic mass is 9.76. The van der Waals surface area contributed by atoms with Crippen LogP contribution in [0.5, 0.6) is 5.75 Å². The van der Waals surface area contributed by atoms with E-state index in [0.717, 1.165) is 17.7 Å². The van der Waals surface area contributed by atoms with Crippen molar-refractivity contribution in [2.45, 2.75) is 37.8 Å². The summed E-state index contributed by atoms with van der Waals surface area (Å²) in [5.74, 6) is 0.923. The third-order valence-corrected chi connectivity index (χ3v) is 3.53. The monoisotopic (exact) mass is 235 g/mol. The second-order valence-electron chi connectivity index (χ2n) is 5.34. The predicted molar refractivity (Wildman–Crippen MR) is 68.2 cm³/mol. The summed E-state index contributed by atoms with van der Waals surface area (Å²) < 4.78 is 6.00. The van der Waals surface area contributed by atoms with E-state index in [9.17, 15) is 5.11 Å².